The van der Waals surface area contributed by atoms with Crippen molar-refractivity contribution in [2.24, 2.45) is 5.41 Å². The highest BCUT2D eigenvalue weighted by molar-refractivity contribution is 5.84. The van der Waals surface area contributed by atoms with Gasteiger partial charge in [0.05, 0.1) is 17.9 Å². The van der Waals surface area contributed by atoms with Crippen LogP contribution in [0.4, 0.5) is 0 Å². The third-order valence-electron chi connectivity index (χ3n) is 4.92. The fourth-order valence-corrected chi connectivity index (χ4v) is 3.88. The van der Waals surface area contributed by atoms with Crippen molar-refractivity contribution in [3.8, 4) is 0 Å². The van der Waals surface area contributed by atoms with Gasteiger partial charge < -0.3 is 14.6 Å². The molecule has 3 rings (SSSR count). The molecular weight excluding hydrogens is 240 g/mol. The summed E-state index contributed by atoms with van der Waals surface area (Å²) in [6, 6.07) is 2.85. The van der Waals surface area contributed by atoms with Crippen molar-refractivity contribution in [3.63, 3.8) is 0 Å². The zero-order valence-corrected chi connectivity index (χ0v) is 11.7. The first-order valence-corrected chi connectivity index (χ1v) is 7.18. The Kier molecular flexibility index (Phi) is 3.13. The quantitative estimate of drug-likeness (QED) is 0.904. The Hall–Kier alpha value is -1.29. The minimum absolute atomic E-state index is 0.179. The Balaban J connectivity index is 1.75. The molecule has 0 aliphatic carbocycles. The van der Waals surface area contributed by atoms with E-state index in [1.165, 1.54) is 6.42 Å². The lowest BCUT2D eigenvalue weighted by Crippen LogP contribution is -2.48. The smallest absolute Gasteiger partial charge is 0.230 e. The second-order valence-corrected chi connectivity index (χ2v) is 6.00. The maximum absolute atomic E-state index is 12.9. The molecule has 2 aliphatic heterocycles. The number of fused-ring (bicyclic) bond motifs is 2. The Morgan fingerprint density at radius 1 is 1.58 bits per heavy atom. The summed E-state index contributed by atoms with van der Waals surface area (Å²) in [6.07, 6.45) is 7.66. The van der Waals surface area contributed by atoms with Crippen LogP contribution in [0.1, 0.15) is 38.2 Å². The van der Waals surface area contributed by atoms with Gasteiger partial charge in [-0.25, -0.2) is 0 Å². The zero-order chi connectivity index (χ0) is 13.5. The molecule has 4 nitrogen and oxygen atoms in total. The van der Waals surface area contributed by atoms with E-state index in [0.717, 1.165) is 24.8 Å². The van der Waals surface area contributed by atoms with E-state index in [9.17, 15) is 4.79 Å². The topological polar surface area (TPSA) is 45.5 Å². The first-order valence-electron chi connectivity index (χ1n) is 7.18. The number of amides is 1. The summed E-state index contributed by atoms with van der Waals surface area (Å²) in [6.45, 7) is 2.78. The maximum Gasteiger partial charge on any atom is 0.230 e. The van der Waals surface area contributed by atoms with Gasteiger partial charge in [0.15, 0.2) is 0 Å². The minimum Gasteiger partial charge on any atom is -0.472 e. The largest absolute Gasteiger partial charge is 0.472 e. The van der Waals surface area contributed by atoms with E-state index >= 15 is 0 Å². The predicted molar refractivity (Wildman–Crippen MR) is 72.5 cm³/mol. The van der Waals surface area contributed by atoms with Crippen molar-refractivity contribution in [3.05, 3.63) is 24.2 Å². The van der Waals surface area contributed by atoms with E-state index in [2.05, 4.69) is 12.2 Å². The number of rotatable bonds is 4. The molecule has 3 atom stereocenters. The lowest BCUT2D eigenvalue weighted by molar-refractivity contribution is -0.143. The molecule has 19 heavy (non-hydrogen) atoms. The van der Waals surface area contributed by atoms with Gasteiger partial charge in [-0.15, -0.1) is 0 Å². The van der Waals surface area contributed by atoms with Crippen LogP contribution in [0.3, 0.4) is 0 Å². The second-order valence-electron chi connectivity index (χ2n) is 6.00. The van der Waals surface area contributed by atoms with Crippen LogP contribution in [-0.4, -0.2) is 29.9 Å². The monoisotopic (exact) mass is 262 g/mol. The Morgan fingerprint density at radius 2 is 2.42 bits per heavy atom. The van der Waals surface area contributed by atoms with Gasteiger partial charge in [0.1, 0.15) is 0 Å². The van der Waals surface area contributed by atoms with E-state index in [4.69, 9.17) is 4.42 Å². The van der Waals surface area contributed by atoms with E-state index in [1.54, 1.807) is 12.5 Å². The second kappa shape index (κ2) is 4.67. The fraction of sp³-hybridized carbons (Fsp3) is 0.667. The summed E-state index contributed by atoms with van der Waals surface area (Å²) in [5.74, 6) is 0.288. The molecule has 2 fully saturated rings. The maximum atomic E-state index is 12.9. The van der Waals surface area contributed by atoms with Gasteiger partial charge in [0.2, 0.25) is 5.91 Å². The van der Waals surface area contributed by atoms with Gasteiger partial charge in [-0.2, -0.15) is 0 Å². The van der Waals surface area contributed by atoms with E-state index in [-0.39, 0.29) is 11.3 Å². The van der Waals surface area contributed by atoms with Crippen molar-refractivity contribution in [1.29, 1.82) is 0 Å². The van der Waals surface area contributed by atoms with Crippen LogP contribution in [0.5, 0.6) is 0 Å². The van der Waals surface area contributed by atoms with Crippen molar-refractivity contribution in [2.75, 3.05) is 7.05 Å². The molecule has 2 aliphatic rings. The number of hydrogen-bond donors (Lipinski definition) is 1. The molecule has 2 saturated heterocycles. The SMILES string of the molecule is CC[C@@]1(C(=O)N(C)Cc2ccoc2)C[C@@H]2CC[C@H]1N2. The highest BCUT2D eigenvalue weighted by Crippen LogP contribution is 2.46. The summed E-state index contributed by atoms with van der Waals surface area (Å²) in [4.78, 5) is 14.7. The first kappa shape index (κ1) is 12.7. The molecule has 2 bridgehead atoms. The van der Waals surface area contributed by atoms with Crippen molar-refractivity contribution >= 4 is 5.91 Å². The number of carbonyl (C=O) groups excluding carboxylic acids is 1. The molecular formula is C15H22N2O2. The average Bonchev–Trinajstić information content (AvgIpc) is 3.13. The Bertz CT molecular complexity index is 457. The molecule has 0 aromatic carbocycles. The average molecular weight is 262 g/mol. The number of furan rings is 1. The molecule has 4 heteroatoms. The number of hydrogen-bond acceptors (Lipinski definition) is 3. The summed E-state index contributed by atoms with van der Waals surface area (Å²) in [5, 5.41) is 3.60. The van der Waals surface area contributed by atoms with Gasteiger partial charge in [-0.3, -0.25) is 4.79 Å². The van der Waals surface area contributed by atoms with E-state index < -0.39 is 0 Å². The summed E-state index contributed by atoms with van der Waals surface area (Å²) in [5.41, 5.74) is 0.875. The molecule has 0 radical (unpaired) electrons. The highest BCUT2D eigenvalue weighted by atomic mass is 16.3. The first-order chi connectivity index (χ1) is 9.15. The van der Waals surface area contributed by atoms with Crippen molar-refractivity contribution in [2.45, 2.75) is 51.2 Å². The molecule has 1 aromatic rings. The molecule has 0 unspecified atom stereocenters. The van der Waals surface area contributed by atoms with Crippen LogP contribution in [-0.2, 0) is 11.3 Å². The third-order valence-corrected chi connectivity index (χ3v) is 4.92. The van der Waals surface area contributed by atoms with Gasteiger partial charge in [0.25, 0.3) is 0 Å². The van der Waals surface area contributed by atoms with Gasteiger partial charge in [0, 0.05) is 31.2 Å². The van der Waals surface area contributed by atoms with Crippen LogP contribution >= 0.6 is 0 Å². The predicted octanol–water partition coefficient (Wildman–Crippen LogP) is 2.16. The molecule has 1 amide bonds. The van der Waals surface area contributed by atoms with Crippen LogP contribution in [0.25, 0.3) is 0 Å². The van der Waals surface area contributed by atoms with Crippen LogP contribution in [0, 0.1) is 5.41 Å². The molecule has 104 valence electrons. The molecule has 1 N–H and O–H groups in total. The van der Waals surface area contributed by atoms with Crippen LogP contribution in [0.15, 0.2) is 23.0 Å². The summed E-state index contributed by atoms with van der Waals surface area (Å²) < 4.78 is 5.07. The summed E-state index contributed by atoms with van der Waals surface area (Å²) in [7, 11) is 1.90. The van der Waals surface area contributed by atoms with E-state index in [1.807, 2.05) is 18.0 Å². The number of carbonyl (C=O) groups is 1. The lowest BCUT2D eigenvalue weighted by atomic mass is 9.71. The van der Waals surface area contributed by atoms with Gasteiger partial charge in [-0.1, -0.05) is 6.92 Å². The van der Waals surface area contributed by atoms with Crippen molar-refractivity contribution in [1.82, 2.24) is 10.2 Å². The third kappa shape index (κ3) is 1.98. The summed E-state index contributed by atoms with van der Waals surface area (Å²) >= 11 is 0. The molecule has 0 saturated carbocycles. The standard InChI is InChI=1S/C15H22N2O2/c1-3-15(8-12-4-5-13(15)16-12)14(18)17(2)9-11-6-7-19-10-11/h6-7,10,12-13,16H,3-5,8-9H2,1-2H3/t12-,13+,15+/m0/s1. The highest BCUT2D eigenvalue weighted by Gasteiger charge is 2.54. The number of nitrogens with one attached hydrogen (secondary N) is 1. The normalized spacial score (nSPS) is 32.7. The molecule has 3 heterocycles. The fourth-order valence-electron chi connectivity index (χ4n) is 3.88. The molecule has 1 aromatic heterocycles. The van der Waals surface area contributed by atoms with E-state index in [0.29, 0.717) is 18.6 Å². The van der Waals surface area contributed by atoms with Gasteiger partial charge >= 0.3 is 0 Å². The Morgan fingerprint density at radius 3 is 2.95 bits per heavy atom. The van der Waals surface area contributed by atoms with Crippen LogP contribution < -0.4 is 5.32 Å². The zero-order valence-electron chi connectivity index (χ0n) is 11.7. The minimum atomic E-state index is -0.179. The Labute approximate surface area is 114 Å². The lowest BCUT2D eigenvalue weighted by Gasteiger charge is -2.37. The number of nitrogens with zero attached hydrogens (tertiary/aromatic N) is 1. The van der Waals surface area contributed by atoms with Crippen LogP contribution in [0.2, 0.25) is 0 Å². The van der Waals surface area contributed by atoms with Crippen molar-refractivity contribution < 1.29 is 9.21 Å². The van der Waals surface area contributed by atoms with Gasteiger partial charge in [-0.05, 0) is 31.7 Å². The molecule has 0 spiro atoms.